The number of hydrogen-bond donors (Lipinski definition) is 1. The van der Waals surface area contributed by atoms with Gasteiger partial charge in [-0.2, -0.15) is 0 Å². The molecular weight excluding hydrogens is 302 g/mol. The van der Waals surface area contributed by atoms with Crippen molar-refractivity contribution in [3.8, 4) is 11.1 Å². The van der Waals surface area contributed by atoms with Crippen molar-refractivity contribution in [1.82, 2.24) is 5.32 Å². The molecule has 1 unspecified atom stereocenters. The van der Waals surface area contributed by atoms with E-state index in [0.29, 0.717) is 13.2 Å². The summed E-state index contributed by atoms with van der Waals surface area (Å²) in [7, 11) is 1.58. The molecule has 1 aliphatic carbocycles. The van der Waals surface area contributed by atoms with Gasteiger partial charge in [0.1, 0.15) is 6.61 Å². The Labute approximate surface area is 142 Å². The van der Waals surface area contributed by atoms with Crippen molar-refractivity contribution >= 4 is 6.09 Å². The van der Waals surface area contributed by atoms with Crippen LogP contribution in [0.1, 0.15) is 17.0 Å². The first-order valence-electron chi connectivity index (χ1n) is 7.97. The van der Waals surface area contributed by atoms with Crippen LogP contribution in [-0.4, -0.2) is 32.5 Å². The third-order valence-electron chi connectivity index (χ3n) is 4.28. The van der Waals surface area contributed by atoms with E-state index in [9.17, 15) is 4.79 Å². The van der Waals surface area contributed by atoms with Crippen LogP contribution < -0.4 is 5.32 Å². The Bertz CT molecular complexity index is 696. The number of carbonyl (C=O) groups excluding carboxylic acids is 1. The van der Waals surface area contributed by atoms with Crippen LogP contribution in [0.15, 0.2) is 61.2 Å². The zero-order chi connectivity index (χ0) is 16.9. The second-order valence-electron chi connectivity index (χ2n) is 5.77. The maximum Gasteiger partial charge on any atom is 0.407 e. The zero-order valence-electron chi connectivity index (χ0n) is 13.7. The molecule has 0 radical (unpaired) electrons. The van der Waals surface area contributed by atoms with Gasteiger partial charge in [0, 0.05) is 13.0 Å². The van der Waals surface area contributed by atoms with Crippen LogP contribution in [0.2, 0.25) is 0 Å². The lowest BCUT2D eigenvalue weighted by molar-refractivity contribution is 0.129. The van der Waals surface area contributed by atoms with Gasteiger partial charge in [0.2, 0.25) is 0 Å². The van der Waals surface area contributed by atoms with Gasteiger partial charge in [-0.05, 0) is 22.3 Å². The average Bonchev–Trinajstić information content (AvgIpc) is 2.93. The molecule has 0 fully saturated rings. The molecule has 0 aliphatic heterocycles. The van der Waals surface area contributed by atoms with E-state index in [4.69, 9.17) is 9.47 Å². The minimum absolute atomic E-state index is 0.0627. The second-order valence-corrected chi connectivity index (χ2v) is 5.77. The van der Waals surface area contributed by atoms with Crippen LogP contribution in [0.25, 0.3) is 11.1 Å². The average molecular weight is 323 g/mol. The van der Waals surface area contributed by atoms with E-state index in [2.05, 4.69) is 36.2 Å². The highest BCUT2D eigenvalue weighted by Crippen LogP contribution is 2.44. The number of amides is 1. The molecule has 2 aromatic rings. The van der Waals surface area contributed by atoms with E-state index >= 15 is 0 Å². The number of hydrogen-bond acceptors (Lipinski definition) is 3. The van der Waals surface area contributed by atoms with Crippen LogP contribution >= 0.6 is 0 Å². The molecule has 1 N–H and O–H groups in total. The van der Waals surface area contributed by atoms with Crippen molar-refractivity contribution < 1.29 is 14.3 Å². The summed E-state index contributed by atoms with van der Waals surface area (Å²) in [5.74, 6) is 0.0627. The fourth-order valence-electron chi connectivity index (χ4n) is 3.14. The number of alkyl carbamates (subject to hydrolysis) is 1. The highest BCUT2D eigenvalue weighted by molar-refractivity contribution is 5.79. The predicted molar refractivity (Wildman–Crippen MR) is 94.1 cm³/mol. The minimum atomic E-state index is -0.459. The molecule has 0 spiro atoms. The predicted octanol–water partition coefficient (Wildman–Crippen LogP) is 3.73. The second kappa shape index (κ2) is 7.32. The normalized spacial score (nSPS) is 13.7. The summed E-state index contributed by atoms with van der Waals surface area (Å²) in [5.41, 5.74) is 4.82. The topological polar surface area (TPSA) is 47.6 Å². The fraction of sp³-hybridized carbons (Fsp3) is 0.250. The van der Waals surface area contributed by atoms with E-state index in [1.165, 1.54) is 22.3 Å². The summed E-state index contributed by atoms with van der Waals surface area (Å²) in [6, 6.07) is 16.3. The number of fused-ring (bicyclic) bond motifs is 3. The summed E-state index contributed by atoms with van der Waals surface area (Å²) >= 11 is 0. The van der Waals surface area contributed by atoms with E-state index in [1.54, 1.807) is 13.2 Å². The highest BCUT2D eigenvalue weighted by Gasteiger charge is 2.29. The molecule has 0 saturated heterocycles. The monoisotopic (exact) mass is 323 g/mol. The minimum Gasteiger partial charge on any atom is -0.449 e. The molecule has 24 heavy (non-hydrogen) atoms. The van der Waals surface area contributed by atoms with Gasteiger partial charge < -0.3 is 14.8 Å². The Hall–Kier alpha value is -2.59. The van der Waals surface area contributed by atoms with Crippen molar-refractivity contribution in [1.29, 1.82) is 0 Å². The lowest BCUT2D eigenvalue weighted by Crippen LogP contribution is -2.37. The van der Waals surface area contributed by atoms with Crippen molar-refractivity contribution in [2.45, 2.75) is 12.0 Å². The summed E-state index contributed by atoms with van der Waals surface area (Å²) < 4.78 is 10.5. The van der Waals surface area contributed by atoms with Crippen LogP contribution in [0.4, 0.5) is 4.79 Å². The number of rotatable bonds is 6. The van der Waals surface area contributed by atoms with Crippen LogP contribution in [0.5, 0.6) is 0 Å². The van der Waals surface area contributed by atoms with Gasteiger partial charge in [-0.15, -0.1) is 6.58 Å². The number of methoxy groups -OCH3 is 1. The molecule has 1 aliphatic rings. The smallest absolute Gasteiger partial charge is 0.407 e. The van der Waals surface area contributed by atoms with E-state index in [1.807, 2.05) is 24.3 Å². The molecule has 2 aromatic carbocycles. The van der Waals surface area contributed by atoms with Gasteiger partial charge in [-0.3, -0.25) is 0 Å². The molecule has 0 bridgehead atoms. The molecule has 1 atom stereocenters. The molecule has 1 amide bonds. The zero-order valence-corrected chi connectivity index (χ0v) is 13.7. The fourth-order valence-corrected chi connectivity index (χ4v) is 3.14. The Morgan fingerprint density at radius 1 is 1.17 bits per heavy atom. The number of carbonyl (C=O) groups is 1. The van der Waals surface area contributed by atoms with Gasteiger partial charge in [0.25, 0.3) is 0 Å². The van der Waals surface area contributed by atoms with E-state index in [0.717, 1.165) is 0 Å². The van der Waals surface area contributed by atoms with Crippen LogP contribution in [0, 0.1) is 0 Å². The van der Waals surface area contributed by atoms with Gasteiger partial charge in [-0.25, -0.2) is 4.79 Å². The molecule has 124 valence electrons. The maximum absolute atomic E-state index is 12.0. The third kappa shape index (κ3) is 3.19. The lowest BCUT2D eigenvalue weighted by Gasteiger charge is -2.17. The van der Waals surface area contributed by atoms with Crippen molar-refractivity contribution in [3.05, 3.63) is 72.3 Å². The van der Waals surface area contributed by atoms with Gasteiger partial charge in [0.15, 0.2) is 0 Å². The molecule has 0 saturated carbocycles. The van der Waals surface area contributed by atoms with Crippen LogP contribution in [0.3, 0.4) is 0 Å². The first-order chi connectivity index (χ1) is 11.7. The van der Waals surface area contributed by atoms with Crippen molar-refractivity contribution in [2.24, 2.45) is 0 Å². The largest absolute Gasteiger partial charge is 0.449 e. The Balaban J connectivity index is 1.71. The summed E-state index contributed by atoms with van der Waals surface area (Å²) in [6.07, 6.45) is 1.17. The van der Waals surface area contributed by atoms with E-state index in [-0.39, 0.29) is 12.0 Å². The standard InChI is InChI=1S/C20H21NO3/c1-3-14(12-23-2)21-20(22)24-13-19-17-10-6-4-8-15(17)16-9-5-7-11-18(16)19/h3-11,14,19H,1,12-13H2,2H3,(H,21,22). The summed E-state index contributed by atoms with van der Waals surface area (Å²) in [5, 5.41) is 2.74. The first kappa shape index (κ1) is 16.3. The lowest BCUT2D eigenvalue weighted by atomic mass is 9.98. The summed E-state index contributed by atoms with van der Waals surface area (Å²) in [6.45, 7) is 4.35. The first-order valence-corrected chi connectivity index (χ1v) is 7.97. The van der Waals surface area contributed by atoms with Crippen molar-refractivity contribution in [3.63, 3.8) is 0 Å². The molecular formula is C20H21NO3. The molecule has 4 nitrogen and oxygen atoms in total. The Kier molecular flexibility index (Phi) is 4.96. The van der Waals surface area contributed by atoms with Gasteiger partial charge in [-0.1, -0.05) is 54.6 Å². The maximum atomic E-state index is 12.0. The van der Waals surface area contributed by atoms with Crippen LogP contribution in [-0.2, 0) is 9.47 Å². The van der Waals surface area contributed by atoms with Gasteiger partial charge in [0.05, 0.1) is 12.6 Å². The third-order valence-corrected chi connectivity index (χ3v) is 4.28. The van der Waals surface area contributed by atoms with Crippen molar-refractivity contribution in [2.75, 3.05) is 20.3 Å². The van der Waals surface area contributed by atoms with E-state index < -0.39 is 6.09 Å². The number of nitrogens with one attached hydrogen (secondary N) is 1. The molecule has 4 heteroatoms. The number of ether oxygens (including phenoxy) is 2. The Morgan fingerprint density at radius 3 is 2.29 bits per heavy atom. The Morgan fingerprint density at radius 2 is 1.75 bits per heavy atom. The molecule has 3 rings (SSSR count). The number of benzene rings is 2. The SMILES string of the molecule is C=CC(COC)NC(=O)OCC1c2ccccc2-c2ccccc21. The quantitative estimate of drug-likeness (QED) is 0.824. The van der Waals surface area contributed by atoms with Gasteiger partial charge >= 0.3 is 6.09 Å². The summed E-state index contributed by atoms with van der Waals surface area (Å²) in [4.78, 5) is 12.0. The highest BCUT2D eigenvalue weighted by atomic mass is 16.5. The molecule has 0 aromatic heterocycles. The molecule has 0 heterocycles.